The van der Waals surface area contributed by atoms with Crippen molar-refractivity contribution in [1.82, 2.24) is 0 Å². The number of allylic oxidation sites excluding steroid dienone is 2. The monoisotopic (exact) mass is 302 g/mol. The summed E-state index contributed by atoms with van der Waals surface area (Å²) in [4.78, 5) is 0. The molecule has 4 aliphatic carbocycles. The molecule has 0 bridgehead atoms. The van der Waals surface area contributed by atoms with E-state index in [0.29, 0.717) is 0 Å². The van der Waals surface area contributed by atoms with Crippen molar-refractivity contribution < 1.29 is 0 Å². The van der Waals surface area contributed by atoms with E-state index >= 15 is 0 Å². The summed E-state index contributed by atoms with van der Waals surface area (Å²) in [6, 6.07) is 0. The summed E-state index contributed by atoms with van der Waals surface area (Å²) < 4.78 is 0. The lowest BCUT2D eigenvalue weighted by molar-refractivity contribution is 0.0435. The lowest BCUT2D eigenvalue weighted by atomic mass is 9.56. The zero-order valence-corrected chi connectivity index (χ0v) is 15.8. The lowest BCUT2D eigenvalue weighted by Crippen LogP contribution is -2.40. The van der Waals surface area contributed by atoms with Crippen LogP contribution >= 0.6 is 0 Å². The van der Waals surface area contributed by atoms with Crippen molar-refractivity contribution in [2.75, 3.05) is 0 Å². The van der Waals surface area contributed by atoms with Gasteiger partial charge in [-0.3, -0.25) is 0 Å². The Morgan fingerprint density at radius 3 is 2.50 bits per heavy atom. The third-order valence-corrected chi connectivity index (χ3v) is 7.83. The van der Waals surface area contributed by atoms with Gasteiger partial charge in [0, 0.05) is 0 Å². The van der Waals surface area contributed by atoms with Crippen LogP contribution in [0, 0.1) is 35.0 Å². The van der Waals surface area contributed by atoms with Crippen LogP contribution in [0.3, 0.4) is 0 Å². The van der Waals surface area contributed by atoms with Crippen molar-refractivity contribution >= 4 is 0 Å². The molecular formula is C22H38. The van der Waals surface area contributed by atoms with E-state index in [0.717, 1.165) is 35.0 Å². The van der Waals surface area contributed by atoms with Gasteiger partial charge in [0.2, 0.25) is 0 Å². The van der Waals surface area contributed by atoms with Crippen molar-refractivity contribution in [3.05, 3.63) is 11.1 Å². The van der Waals surface area contributed by atoms with Gasteiger partial charge in [0.1, 0.15) is 0 Å². The highest BCUT2D eigenvalue weighted by atomic mass is 14.6. The molecule has 0 radical (unpaired) electrons. The smallest absolute Gasteiger partial charge is 0.0169 e. The highest BCUT2D eigenvalue weighted by molar-refractivity contribution is 5.29. The minimum Gasteiger partial charge on any atom is -0.0704 e. The first-order chi connectivity index (χ1) is 10.6. The van der Waals surface area contributed by atoms with E-state index in [-0.39, 0.29) is 0 Å². The summed E-state index contributed by atoms with van der Waals surface area (Å²) in [6.45, 7) is 11.5. The fourth-order valence-electron chi connectivity index (χ4n) is 6.55. The van der Waals surface area contributed by atoms with E-state index < -0.39 is 0 Å². The molecule has 4 aliphatic rings. The van der Waals surface area contributed by atoms with Crippen LogP contribution < -0.4 is 0 Å². The zero-order valence-electron chi connectivity index (χ0n) is 15.8. The molecule has 5 unspecified atom stereocenters. The summed E-state index contributed by atoms with van der Waals surface area (Å²) in [6.07, 6.45) is 13.6. The molecular weight excluding hydrogens is 264 g/mol. The minimum absolute atomic E-state index is 0.731. The molecule has 5 atom stereocenters. The van der Waals surface area contributed by atoms with Crippen LogP contribution in [0.5, 0.6) is 0 Å². The predicted octanol–water partition coefficient (Wildman–Crippen LogP) is 7.00. The summed E-state index contributed by atoms with van der Waals surface area (Å²) >= 11 is 0. The van der Waals surface area contributed by atoms with Gasteiger partial charge in [0.15, 0.2) is 0 Å². The number of fused-ring (bicyclic) bond motifs is 4. The first-order valence-electron chi connectivity index (χ1n) is 10.3. The van der Waals surface area contributed by atoms with Crippen LogP contribution in [-0.2, 0) is 0 Å². The molecule has 0 aromatic rings. The van der Waals surface area contributed by atoms with Crippen LogP contribution in [0.25, 0.3) is 0 Å². The topological polar surface area (TPSA) is 0 Å². The Balaban J connectivity index is 0.000000693. The minimum atomic E-state index is 0.731. The second kappa shape index (κ2) is 6.33. The predicted molar refractivity (Wildman–Crippen MR) is 96.8 cm³/mol. The normalized spacial score (nSPS) is 43.4. The standard InChI is InChI=1S/C20H32.C2H6/c1-13(2)15-11-14-6-7-17-16(18(14)12-15)8-10-20(3)9-4-5-19(17)20;1-2/h13,15-17,19H,4-12H2,1-3H3;1-2H3. The molecule has 0 N–H and O–H groups in total. The molecule has 126 valence electrons. The summed E-state index contributed by atoms with van der Waals surface area (Å²) in [5, 5.41) is 0. The highest BCUT2D eigenvalue weighted by Crippen LogP contribution is 2.62. The first-order valence-corrected chi connectivity index (χ1v) is 10.3. The van der Waals surface area contributed by atoms with E-state index in [4.69, 9.17) is 0 Å². The molecule has 0 nitrogen and oxygen atoms in total. The molecule has 0 heteroatoms. The highest BCUT2D eigenvalue weighted by Gasteiger charge is 2.51. The van der Waals surface area contributed by atoms with E-state index in [1.165, 1.54) is 51.4 Å². The van der Waals surface area contributed by atoms with Gasteiger partial charge in [-0.15, -0.1) is 0 Å². The van der Waals surface area contributed by atoms with Crippen molar-refractivity contribution in [2.45, 2.75) is 92.4 Å². The van der Waals surface area contributed by atoms with E-state index in [1.807, 2.05) is 25.0 Å². The molecule has 0 heterocycles. The average molecular weight is 303 g/mol. The van der Waals surface area contributed by atoms with Gasteiger partial charge in [-0.2, -0.15) is 0 Å². The van der Waals surface area contributed by atoms with Gasteiger partial charge in [0.25, 0.3) is 0 Å². The number of hydrogen-bond acceptors (Lipinski definition) is 0. The average Bonchev–Trinajstić information content (AvgIpc) is 3.11. The van der Waals surface area contributed by atoms with Crippen molar-refractivity contribution in [2.24, 2.45) is 35.0 Å². The van der Waals surface area contributed by atoms with Gasteiger partial charge in [-0.25, -0.2) is 0 Å². The molecule has 2 saturated carbocycles. The Morgan fingerprint density at radius 2 is 1.77 bits per heavy atom. The molecule has 4 rings (SSSR count). The Hall–Kier alpha value is -0.260. The van der Waals surface area contributed by atoms with Crippen molar-refractivity contribution in [3.63, 3.8) is 0 Å². The fourth-order valence-corrected chi connectivity index (χ4v) is 6.55. The maximum atomic E-state index is 2.62. The Kier molecular flexibility index (Phi) is 4.77. The van der Waals surface area contributed by atoms with Gasteiger partial charge in [-0.1, -0.05) is 52.2 Å². The maximum Gasteiger partial charge on any atom is -0.0169 e. The number of rotatable bonds is 1. The third kappa shape index (κ3) is 2.59. The van der Waals surface area contributed by atoms with Crippen molar-refractivity contribution in [3.8, 4) is 0 Å². The third-order valence-electron chi connectivity index (χ3n) is 7.83. The van der Waals surface area contributed by atoms with E-state index in [2.05, 4.69) is 20.8 Å². The molecule has 2 fully saturated rings. The first kappa shape index (κ1) is 16.6. The van der Waals surface area contributed by atoms with Crippen LogP contribution in [0.4, 0.5) is 0 Å². The molecule has 0 aliphatic heterocycles. The van der Waals surface area contributed by atoms with E-state index in [9.17, 15) is 0 Å². The molecule has 22 heavy (non-hydrogen) atoms. The second-order valence-corrected chi connectivity index (χ2v) is 9.04. The molecule has 0 spiro atoms. The second-order valence-electron chi connectivity index (χ2n) is 9.04. The van der Waals surface area contributed by atoms with Crippen LogP contribution in [-0.4, -0.2) is 0 Å². The molecule has 0 saturated heterocycles. The summed E-state index contributed by atoms with van der Waals surface area (Å²) in [7, 11) is 0. The van der Waals surface area contributed by atoms with Crippen LogP contribution in [0.15, 0.2) is 11.1 Å². The van der Waals surface area contributed by atoms with Gasteiger partial charge in [0.05, 0.1) is 0 Å². The molecule has 0 aromatic heterocycles. The van der Waals surface area contributed by atoms with Gasteiger partial charge >= 0.3 is 0 Å². The maximum absolute atomic E-state index is 2.62. The van der Waals surface area contributed by atoms with Crippen LogP contribution in [0.2, 0.25) is 0 Å². The molecule has 0 aromatic carbocycles. The zero-order chi connectivity index (χ0) is 15.9. The largest absolute Gasteiger partial charge is 0.0704 e. The van der Waals surface area contributed by atoms with Crippen molar-refractivity contribution in [1.29, 1.82) is 0 Å². The Bertz CT molecular complexity index is 429. The molecule has 0 amide bonds. The van der Waals surface area contributed by atoms with E-state index in [1.54, 1.807) is 6.42 Å². The van der Waals surface area contributed by atoms with Crippen LogP contribution in [0.1, 0.15) is 92.4 Å². The quantitative estimate of drug-likeness (QED) is 0.457. The number of hydrogen-bond donors (Lipinski definition) is 0. The lowest BCUT2D eigenvalue weighted by Gasteiger charge is -2.49. The summed E-state index contributed by atoms with van der Waals surface area (Å²) in [5.74, 6) is 5.03. The van der Waals surface area contributed by atoms with Gasteiger partial charge < -0.3 is 0 Å². The fraction of sp³-hybridized carbons (Fsp3) is 0.909. The van der Waals surface area contributed by atoms with Gasteiger partial charge in [-0.05, 0) is 86.4 Å². The Morgan fingerprint density at radius 1 is 1.00 bits per heavy atom. The SMILES string of the molecule is CC.CC(C)C1CC2=C(C1)C1CCC3(C)CCCC3C1CC2. The Labute approximate surface area is 139 Å². The summed E-state index contributed by atoms with van der Waals surface area (Å²) in [5.41, 5.74) is 4.63.